The minimum Gasteiger partial charge on any atom is -0.349 e. The van der Waals surface area contributed by atoms with Gasteiger partial charge in [0.05, 0.1) is 6.04 Å². The Labute approximate surface area is 115 Å². The van der Waals surface area contributed by atoms with Gasteiger partial charge in [0.25, 0.3) is 0 Å². The summed E-state index contributed by atoms with van der Waals surface area (Å²) in [6.45, 7) is 0.896. The summed E-state index contributed by atoms with van der Waals surface area (Å²) in [6.07, 6.45) is 5.27. The van der Waals surface area contributed by atoms with Gasteiger partial charge in [-0.3, -0.25) is 4.79 Å². The second-order valence-electron chi connectivity index (χ2n) is 5.35. The van der Waals surface area contributed by atoms with E-state index in [2.05, 4.69) is 22.8 Å². The molecule has 0 aliphatic heterocycles. The van der Waals surface area contributed by atoms with Crippen LogP contribution in [0.15, 0.2) is 30.3 Å². The number of carbonyl (C=O) groups is 1. The summed E-state index contributed by atoms with van der Waals surface area (Å²) in [6, 6.07) is 10.6. The smallest absolute Gasteiger partial charge is 0.220 e. The predicted molar refractivity (Wildman–Crippen MR) is 77.8 cm³/mol. The van der Waals surface area contributed by atoms with Crippen molar-refractivity contribution in [3.63, 3.8) is 0 Å². The van der Waals surface area contributed by atoms with Crippen LogP contribution in [-0.4, -0.2) is 19.5 Å². The molecule has 0 heterocycles. The zero-order valence-corrected chi connectivity index (χ0v) is 11.7. The zero-order chi connectivity index (χ0) is 13.5. The van der Waals surface area contributed by atoms with Crippen molar-refractivity contribution in [3.05, 3.63) is 35.9 Å². The number of hydrogen-bond donors (Lipinski definition) is 2. The molecule has 3 nitrogen and oxygen atoms in total. The van der Waals surface area contributed by atoms with Gasteiger partial charge in [-0.15, -0.1) is 0 Å². The Kier molecular flexibility index (Phi) is 5.40. The molecule has 104 valence electrons. The van der Waals surface area contributed by atoms with Crippen LogP contribution >= 0.6 is 0 Å². The second kappa shape index (κ2) is 7.29. The largest absolute Gasteiger partial charge is 0.349 e. The van der Waals surface area contributed by atoms with Crippen LogP contribution in [0.4, 0.5) is 0 Å². The van der Waals surface area contributed by atoms with Gasteiger partial charge in [-0.1, -0.05) is 36.8 Å². The lowest BCUT2D eigenvalue weighted by atomic mass is 9.77. The third-order valence-corrected chi connectivity index (χ3v) is 3.93. The fourth-order valence-electron chi connectivity index (χ4n) is 2.58. The molecular formula is C16H24N2O. The van der Waals surface area contributed by atoms with Crippen molar-refractivity contribution in [1.82, 2.24) is 10.6 Å². The highest BCUT2D eigenvalue weighted by atomic mass is 16.1. The quantitative estimate of drug-likeness (QED) is 0.740. The van der Waals surface area contributed by atoms with Crippen molar-refractivity contribution in [1.29, 1.82) is 0 Å². The molecule has 0 radical (unpaired) electrons. The van der Waals surface area contributed by atoms with Gasteiger partial charge in [0.2, 0.25) is 5.91 Å². The molecular weight excluding hydrogens is 236 g/mol. The van der Waals surface area contributed by atoms with Crippen LogP contribution in [0, 0.1) is 5.92 Å². The van der Waals surface area contributed by atoms with Crippen LogP contribution in [0.25, 0.3) is 0 Å². The minimum absolute atomic E-state index is 0.177. The highest BCUT2D eigenvalue weighted by molar-refractivity contribution is 5.76. The monoisotopic (exact) mass is 260 g/mol. The molecule has 0 spiro atoms. The number of nitrogens with one attached hydrogen (secondary N) is 2. The zero-order valence-electron chi connectivity index (χ0n) is 11.7. The van der Waals surface area contributed by atoms with Crippen molar-refractivity contribution < 1.29 is 4.79 Å². The molecule has 1 aliphatic carbocycles. The fourth-order valence-corrected chi connectivity index (χ4v) is 2.58. The van der Waals surface area contributed by atoms with E-state index >= 15 is 0 Å². The first-order valence-electron chi connectivity index (χ1n) is 7.30. The molecule has 1 aromatic carbocycles. The Balaban J connectivity index is 1.93. The molecule has 1 fully saturated rings. The topological polar surface area (TPSA) is 41.1 Å². The molecule has 1 saturated carbocycles. The highest BCUT2D eigenvalue weighted by Crippen LogP contribution is 2.37. The first-order chi connectivity index (χ1) is 9.31. The minimum atomic E-state index is 0.177. The highest BCUT2D eigenvalue weighted by Gasteiger charge is 2.29. The molecule has 0 bridgehead atoms. The number of carbonyl (C=O) groups excluding carboxylic acids is 1. The average Bonchev–Trinajstić information content (AvgIpc) is 2.37. The summed E-state index contributed by atoms with van der Waals surface area (Å²) in [4.78, 5) is 12.0. The van der Waals surface area contributed by atoms with Gasteiger partial charge < -0.3 is 10.6 Å². The summed E-state index contributed by atoms with van der Waals surface area (Å²) >= 11 is 0. The van der Waals surface area contributed by atoms with E-state index in [-0.39, 0.29) is 11.9 Å². The molecule has 1 unspecified atom stereocenters. The van der Waals surface area contributed by atoms with Crippen LogP contribution in [0.5, 0.6) is 0 Å². The van der Waals surface area contributed by atoms with E-state index in [9.17, 15) is 4.79 Å². The van der Waals surface area contributed by atoms with Gasteiger partial charge in [-0.2, -0.15) is 0 Å². The Morgan fingerprint density at radius 2 is 2.05 bits per heavy atom. The van der Waals surface area contributed by atoms with Crippen molar-refractivity contribution in [3.8, 4) is 0 Å². The maximum Gasteiger partial charge on any atom is 0.220 e. The van der Waals surface area contributed by atoms with E-state index in [4.69, 9.17) is 0 Å². The Morgan fingerprint density at radius 1 is 1.32 bits per heavy atom. The van der Waals surface area contributed by atoms with Gasteiger partial charge in [-0.05, 0) is 44.3 Å². The number of hydrogen-bond acceptors (Lipinski definition) is 2. The Morgan fingerprint density at radius 3 is 2.63 bits per heavy atom. The molecule has 0 saturated heterocycles. The molecule has 1 atom stereocenters. The van der Waals surface area contributed by atoms with Gasteiger partial charge >= 0.3 is 0 Å². The lowest BCUT2D eigenvalue weighted by molar-refractivity contribution is -0.122. The summed E-state index contributed by atoms with van der Waals surface area (Å²) < 4.78 is 0. The second-order valence-corrected chi connectivity index (χ2v) is 5.35. The van der Waals surface area contributed by atoms with Gasteiger partial charge in [0.15, 0.2) is 0 Å². The average molecular weight is 260 g/mol. The number of rotatable bonds is 7. The lowest BCUT2D eigenvalue weighted by Crippen LogP contribution is -2.36. The van der Waals surface area contributed by atoms with Crippen molar-refractivity contribution >= 4 is 5.91 Å². The first kappa shape index (κ1) is 14.1. The summed E-state index contributed by atoms with van der Waals surface area (Å²) in [5.74, 6) is 0.798. The fraction of sp³-hybridized carbons (Fsp3) is 0.562. The third-order valence-electron chi connectivity index (χ3n) is 3.93. The van der Waals surface area contributed by atoms with E-state index < -0.39 is 0 Å². The van der Waals surface area contributed by atoms with E-state index in [1.165, 1.54) is 24.8 Å². The van der Waals surface area contributed by atoms with Crippen molar-refractivity contribution in [2.45, 2.75) is 38.1 Å². The Hall–Kier alpha value is -1.35. The summed E-state index contributed by atoms with van der Waals surface area (Å²) in [7, 11) is 1.92. The van der Waals surface area contributed by atoms with Gasteiger partial charge in [0.1, 0.15) is 0 Å². The normalized spacial score (nSPS) is 16.7. The summed E-state index contributed by atoms with van der Waals surface area (Å²) in [5.41, 5.74) is 1.24. The molecule has 1 aromatic rings. The maximum absolute atomic E-state index is 12.0. The number of benzene rings is 1. The Bertz CT molecular complexity index is 387. The van der Waals surface area contributed by atoms with E-state index in [0.29, 0.717) is 12.3 Å². The molecule has 3 heteroatoms. The number of amides is 1. The van der Waals surface area contributed by atoms with Crippen LogP contribution in [0.1, 0.15) is 43.7 Å². The maximum atomic E-state index is 12.0. The van der Waals surface area contributed by atoms with Crippen LogP contribution < -0.4 is 10.6 Å². The first-order valence-corrected chi connectivity index (χ1v) is 7.30. The lowest BCUT2D eigenvalue weighted by Gasteiger charge is -2.34. The van der Waals surface area contributed by atoms with Gasteiger partial charge in [-0.25, -0.2) is 0 Å². The van der Waals surface area contributed by atoms with Crippen molar-refractivity contribution in [2.24, 2.45) is 5.92 Å². The standard InChI is InChI=1S/C16H24N2O/c1-17-12-6-11-15(19)18-16(14-9-5-10-14)13-7-3-2-4-8-13/h2-4,7-8,14,16-17H,5-6,9-12H2,1H3,(H,18,19). The molecule has 0 aromatic heterocycles. The SMILES string of the molecule is CNCCCC(=O)NC(c1ccccc1)C1CCC1. The molecule has 1 amide bonds. The summed E-state index contributed by atoms with van der Waals surface area (Å²) in [5, 5.41) is 6.30. The third kappa shape index (κ3) is 4.06. The van der Waals surface area contributed by atoms with Crippen molar-refractivity contribution in [2.75, 3.05) is 13.6 Å². The van der Waals surface area contributed by atoms with Crippen LogP contribution in [0.2, 0.25) is 0 Å². The molecule has 2 N–H and O–H groups in total. The predicted octanol–water partition coefficient (Wildman–Crippen LogP) is 2.64. The van der Waals surface area contributed by atoms with Crippen LogP contribution in [0.3, 0.4) is 0 Å². The van der Waals surface area contributed by atoms with E-state index in [0.717, 1.165) is 13.0 Å². The van der Waals surface area contributed by atoms with E-state index in [1.54, 1.807) is 0 Å². The van der Waals surface area contributed by atoms with Crippen LogP contribution in [-0.2, 0) is 4.79 Å². The molecule has 2 rings (SSSR count). The van der Waals surface area contributed by atoms with Gasteiger partial charge in [0, 0.05) is 6.42 Å². The molecule has 1 aliphatic rings. The van der Waals surface area contributed by atoms with E-state index in [1.807, 2.05) is 25.2 Å². The molecule has 19 heavy (non-hydrogen) atoms.